The minimum atomic E-state index is -0.0707. The fraction of sp³-hybridized carbons (Fsp3) is 0.292. The molecule has 0 radical (unpaired) electrons. The van der Waals surface area contributed by atoms with E-state index in [0.717, 1.165) is 56.5 Å². The molecule has 0 unspecified atom stereocenters. The predicted molar refractivity (Wildman–Crippen MR) is 123 cm³/mol. The zero-order valence-corrected chi connectivity index (χ0v) is 18.6. The number of furan rings is 1. The molecule has 158 valence electrons. The van der Waals surface area contributed by atoms with Crippen molar-refractivity contribution in [3.63, 3.8) is 0 Å². The molecule has 31 heavy (non-hydrogen) atoms. The minimum absolute atomic E-state index is 0.0652. The number of hydrogen-bond acceptors (Lipinski definition) is 6. The van der Waals surface area contributed by atoms with Crippen LogP contribution in [0.1, 0.15) is 51.3 Å². The quantitative estimate of drug-likeness (QED) is 0.433. The van der Waals surface area contributed by atoms with Crippen LogP contribution in [0.25, 0.3) is 11.0 Å². The summed E-state index contributed by atoms with van der Waals surface area (Å²) in [6.07, 6.45) is 3.69. The van der Waals surface area contributed by atoms with Gasteiger partial charge in [-0.05, 0) is 51.8 Å². The molecule has 1 saturated heterocycles. The maximum atomic E-state index is 13.5. The first-order valence-corrected chi connectivity index (χ1v) is 11.3. The standard InChI is InChI=1S/C24H24N4O2S/c1-14-11-17(27-24-25-13-15(2)31-24)12-19(26-14)20-8-6-10-28(20)23(29)22-16(3)18-7-4-5-9-21(18)30-22/h4-5,7,9,11-13,20H,6,8,10H2,1-3H3,(H,25,26,27)/t20-/m1/s1. The van der Waals surface area contributed by atoms with Gasteiger partial charge in [-0.25, -0.2) is 4.98 Å². The van der Waals surface area contributed by atoms with Crippen LogP contribution in [-0.4, -0.2) is 27.3 Å². The van der Waals surface area contributed by atoms with Gasteiger partial charge in [-0.1, -0.05) is 18.2 Å². The van der Waals surface area contributed by atoms with Crippen LogP contribution in [0, 0.1) is 20.8 Å². The number of pyridine rings is 1. The Morgan fingerprint density at radius 2 is 2.06 bits per heavy atom. The Kier molecular flexibility index (Phi) is 4.98. The van der Waals surface area contributed by atoms with E-state index >= 15 is 0 Å². The zero-order valence-electron chi connectivity index (χ0n) is 17.8. The van der Waals surface area contributed by atoms with Crippen LogP contribution in [0.3, 0.4) is 0 Å². The van der Waals surface area contributed by atoms with Crippen LogP contribution >= 0.6 is 11.3 Å². The van der Waals surface area contributed by atoms with Gasteiger partial charge in [0.15, 0.2) is 10.9 Å². The molecule has 0 spiro atoms. The summed E-state index contributed by atoms with van der Waals surface area (Å²) in [5.74, 6) is 0.363. The number of rotatable bonds is 4. The van der Waals surface area contributed by atoms with E-state index in [9.17, 15) is 4.79 Å². The van der Waals surface area contributed by atoms with Crippen molar-refractivity contribution in [2.24, 2.45) is 0 Å². The Hall–Kier alpha value is -3.19. The third-order valence-corrected chi connectivity index (χ3v) is 6.57. The number of thiazole rings is 1. The highest BCUT2D eigenvalue weighted by Crippen LogP contribution is 2.36. The number of hydrogen-bond donors (Lipinski definition) is 1. The first kappa shape index (κ1) is 19.8. The van der Waals surface area contributed by atoms with Crippen molar-refractivity contribution in [2.45, 2.75) is 39.7 Å². The summed E-state index contributed by atoms with van der Waals surface area (Å²) in [6.45, 7) is 6.66. The van der Waals surface area contributed by atoms with Crippen molar-refractivity contribution in [3.05, 3.63) is 70.2 Å². The molecule has 1 aliphatic rings. The summed E-state index contributed by atoms with van der Waals surface area (Å²) in [5, 5.41) is 5.22. The maximum absolute atomic E-state index is 13.5. The van der Waals surface area contributed by atoms with E-state index in [1.807, 2.05) is 68.3 Å². The summed E-state index contributed by atoms with van der Waals surface area (Å²) < 4.78 is 5.96. The van der Waals surface area contributed by atoms with E-state index in [0.29, 0.717) is 12.3 Å². The fourth-order valence-electron chi connectivity index (χ4n) is 4.30. The summed E-state index contributed by atoms with van der Waals surface area (Å²) in [6, 6.07) is 11.8. The monoisotopic (exact) mass is 432 g/mol. The van der Waals surface area contributed by atoms with Gasteiger partial charge in [-0.3, -0.25) is 9.78 Å². The summed E-state index contributed by atoms with van der Waals surface area (Å²) in [5.41, 5.74) is 4.39. The Bertz CT molecular complexity index is 1280. The van der Waals surface area contributed by atoms with Crippen LogP contribution in [-0.2, 0) is 0 Å². The number of aromatic nitrogens is 2. The first-order chi connectivity index (χ1) is 15.0. The van der Waals surface area contributed by atoms with Gasteiger partial charge >= 0.3 is 0 Å². The average Bonchev–Trinajstić information content (AvgIpc) is 3.47. The van der Waals surface area contributed by atoms with Crippen LogP contribution in [0.4, 0.5) is 10.8 Å². The number of anilines is 2. The molecule has 5 rings (SSSR count). The third-order valence-electron chi connectivity index (χ3n) is 5.74. The predicted octanol–water partition coefficient (Wildman–Crippen LogP) is 5.93. The Morgan fingerprint density at radius 3 is 2.84 bits per heavy atom. The second-order valence-corrected chi connectivity index (χ2v) is 9.27. The molecule has 1 aliphatic heterocycles. The largest absolute Gasteiger partial charge is 0.451 e. The Labute approximate surface area is 184 Å². The number of likely N-dealkylation sites (tertiary alicyclic amines) is 1. The number of aryl methyl sites for hydroxylation is 3. The highest BCUT2D eigenvalue weighted by Gasteiger charge is 2.34. The van der Waals surface area contributed by atoms with Crippen LogP contribution in [0.5, 0.6) is 0 Å². The van der Waals surface area contributed by atoms with Crippen molar-refractivity contribution in [3.8, 4) is 0 Å². The maximum Gasteiger partial charge on any atom is 0.290 e. The molecule has 3 aromatic heterocycles. The van der Waals surface area contributed by atoms with Crippen LogP contribution in [0.15, 0.2) is 47.0 Å². The lowest BCUT2D eigenvalue weighted by Gasteiger charge is -2.24. The smallest absolute Gasteiger partial charge is 0.290 e. The minimum Gasteiger partial charge on any atom is -0.451 e. The van der Waals surface area contributed by atoms with Gasteiger partial charge in [-0.15, -0.1) is 11.3 Å². The normalized spacial score (nSPS) is 16.2. The molecule has 1 aromatic carbocycles. The number of amides is 1. The molecule has 1 atom stereocenters. The summed E-state index contributed by atoms with van der Waals surface area (Å²) in [7, 11) is 0. The second kappa shape index (κ2) is 7.81. The molecule has 4 aromatic rings. The van der Waals surface area contributed by atoms with Gasteiger partial charge < -0.3 is 14.6 Å². The lowest BCUT2D eigenvalue weighted by atomic mass is 10.1. The number of nitrogens with zero attached hydrogens (tertiary/aromatic N) is 3. The molecule has 7 heteroatoms. The van der Waals surface area contributed by atoms with E-state index in [4.69, 9.17) is 9.40 Å². The van der Waals surface area contributed by atoms with Crippen molar-refractivity contribution < 1.29 is 9.21 Å². The van der Waals surface area contributed by atoms with Gasteiger partial charge in [0.05, 0.1) is 11.7 Å². The van der Waals surface area contributed by atoms with Crippen LogP contribution < -0.4 is 5.32 Å². The Balaban J connectivity index is 1.45. The van der Waals surface area contributed by atoms with Crippen LogP contribution in [0.2, 0.25) is 0 Å². The van der Waals surface area contributed by atoms with Gasteiger partial charge in [0.1, 0.15) is 5.58 Å². The molecule has 1 fully saturated rings. The van der Waals surface area contributed by atoms with E-state index < -0.39 is 0 Å². The highest BCUT2D eigenvalue weighted by molar-refractivity contribution is 7.15. The summed E-state index contributed by atoms with van der Waals surface area (Å²) in [4.78, 5) is 25.7. The number of fused-ring (bicyclic) bond motifs is 1. The molecule has 4 heterocycles. The van der Waals surface area contributed by atoms with E-state index in [-0.39, 0.29) is 11.9 Å². The van der Waals surface area contributed by atoms with Crippen molar-refractivity contribution >= 4 is 39.0 Å². The van der Waals surface area contributed by atoms with Crippen molar-refractivity contribution in [2.75, 3.05) is 11.9 Å². The number of nitrogens with one attached hydrogen (secondary N) is 1. The molecular formula is C24H24N4O2S. The number of carbonyl (C=O) groups is 1. The van der Waals surface area contributed by atoms with Gasteiger partial charge in [0, 0.05) is 39.9 Å². The van der Waals surface area contributed by atoms with Gasteiger partial charge in [-0.2, -0.15) is 0 Å². The lowest BCUT2D eigenvalue weighted by Crippen LogP contribution is -2.31. The van der Waals surface area contributed by atoms with Gasteiger partial charge in [0.25, 0.3) is 5.91 Å². The van der Waals surface area contributed by atoms with Gasteiger partial charge in [0.2, 0.25) is 0 Å². The average molecular weight is 433 g/mol. The molecule has 0 aliphatic carbocycles. The fourth-order valence-corrected chi connectivity index (χ4v) is 4.98. The second-order valence-electron chi connectivity index (χ2n) is 8.03. The molecular weight excluding hydrogens is 408 g/mol. The molecule has 6 nitrogen and oxygen atoms in total. The van der Waals surface area contributed by atoms with E-state index in [1.165, 1.54) is 0 Å². The molecule has 1 N–H and O–H groups in total. The van der Waals surface area contributed by atoms with Crippen molar-refractivity contribution in [1.29, 1.82) is 0 Å². The highest BCUT2D eigenvalue weighted by atomic mass is 32.1. The lowest BCUT2D eigenvalue weighted by molar-refractivity contribution is 0.0702. The first-order valence-electron chi connectivity index (χ1n) is 10.5. The van der Waals surface area contributed by atoms with E-state index in [1.54, 1.807) is 11.3 Å². The SMILES string of the molecule is Cc1cc(Nc2ncc(C)s2)cc([C@H]2CCCN2C(=O)c2oc3ccccc3c2C)n1. The summed E-state index contributed by atoms with van der Waals surface area (Å²) >= 11 is 1.61. The number of benzene rings is 1. The topological polar surface area (TPSA) is 71.3 Å². The Morgan fingerprint density at radius 1 is 1.23 bits per heavy atom. The van der Waals surface area contributed by atoms with E-state index in [2.05, 4.69) is 10.3 Å². The molecule has 0 bridgehead atoms. The number of para-hydroxylation sites is 1. The van der Waals surface area contributed by atoms with Crippen molar-refractivity contribution in [1.82, 2.24) is 14.9 Å². The third kappa shape index (κ3) is 3.70. The molecule has 1 amide bonds. The number of carbonyl (C=O) groups excluding carboxylic acids is 1. The zero-order chi connectivity index (χ0) is 21.5. The molecule has 0 saturated carbocycles.